The Bertz CT molecular complexity index is 477. The van der Waals surface area contributed by atoms with E-state index in [0.29, 0.717) is 0 Å². The van der Waals surface area contributed by atoms with Crippen LogP contribution in [-0.2, 0) is 0 Å². The fourth-order valence-corrected chi connectivity index (χ4v) is 2.00. The predicted octanol–water partition coefficient (Wildman–Crippen LogP) is 3.66. The van der Waals surface area contributed by atoms with Crippen LogP contribution in [0.2, 0.25) is 0 Å². The van der Waals surface area contributed by atoms with Gasteiger partial charge in [0.25, 0.3) is 0 Å². The largest absolute Gasteiger partial charge is 0.398 e. The molecule has 0 radical (unpaired) electrons. The van der Waals surface area contributed by atoms with Crippen LogP contribution in [0.4, 0.5) is 5.69 Å². The number of thioether (sulfide) groups is 1. The number of benzene rings is 2. The second kappa shape index (κ2) is 3.76. The number of fused-ring (bicyclic) bond motifs is 1. The van der Waals surface area contributed by atoms with Gasteiger partial charge in [0.2, 0.25) is 0 Å². The van der Waals surface area contributed by atoms with Crippen LogP contribution in [0.1, 0.15) is 0 Å². The summed E-state index contributed by atoms with van der Waals surface area (Å²) in [6, 6.07) is 12.3. The molecule has 0 unspecified atom stereocenters. The Labute approximate surface area is 87.6 Å². The first kappa shape index (κ1) is 9.16. The molecule has 0 aliphatic rings. The first-order valence-corrected chi connectivity index (χ1v) is 5.25. The summed E-state index contributed by atoms with van der Waals surface area (Å²) in [6.45, 7) is 3.68. The standard InChI is InChI=1S/C12H11NS/c1-2-14-12-8-10-6-4-3-5-9(10)7-11(12)13/h2-8H,1,13H2. The van der Waals surface area contributed by atoms with Crippen LogP contribution in [0.25, 0.3) is 10.8 Å². The van der Waals surface area contributed by atoms with Crippen molar-refractivity contribution in [3.8, 4) is 0 Å². The van der Waals surface area contributed by atoms with Crippen LogP contribution in [0.3, 0.4) is 0 Å². The molecule has 0 atom stereocenters. The van der Waals surface area contributed by atoms with E-state index >= 15 is 0 Å². The average molecular weight is 201 g/mol. The topological polar surface area (TPSA) is 26.0 Å². The van der Waals surface area contributed by atoms with Gasteiger partial charge >= 0.3 is 0 Å². The van der Waals surface area contributed by atoms with Gasteiger partial charge in [0.15, 0.2) is 0 Å². The lowest BCUT2D eigenvalue weighted by molar-refractivity contribution is 1.51. The van der Waals surface area contributed by atoms with Gasteiger partial charge in [-0.1, -0.05) is 42.6 Å². The van der Waals surface area contributed by atoms with Crippen molar-refractivity contribution < 1.29 is 0 Å². The summed E-state index contributed by atoms with van der Waals surface area (Å²) in [4.78, 5) is 1.07. The maximum absolute atomic E-state index is 5.90. The fourth-order valence-electron chi connectivity index (χ4n) is 1.43. The second-order valence-corrected chi connectivity index (χ2v) is 4.03. The molecule has 0 fully saturated rings. The van der Waals surface area contributed by atoms with Gasteiger partial charge in [-0.15, -0.1) is 0 Å². The summed E-state index contributed by atoms with van der Waals surface area (Å²) in [5, 5.41) is 4.19. The van der Waals surface area contributed by atoms with Gasteiger partial charge in [-0.25, -0.2) is 0 Å². The molecule has 0 saturated carbocycles. The molecule has 0 bridgehead atoms. The number of nitrogens with two attached hydrogens (primary N) is 1. The van der Waals surface area contributed by atoms with Gasteiger partial charge in [0.1, 0.15) is 0 Å². The Kier molecular flexibility index (Phi) is 2.46. The van der Waals surface area contributed by atoms with Gasteiger partial charge in [0, 0.05) is 10.6 Å². The highest BCUT2D eigenvalue weighted by atomic mass is 32.2. The molecular weight excluding hydrogens is 190 g/mol. The average Bonchev–Trinajstić information content (AvgIpc) is 2.19. The lowest BCUT2D eigenvalue weighted by atomic mass is 10.1. The molecule has 0 aromatic heterocycles. The van der Waals surface area contributed by atoms with Crippen LogP contribution in [0.15, 0.2) is 53.3 Å². The summed E-state index contributed by atoms with van der Waals surface area (Å²) >= 11 is 1.56. The second-order valence-electron chi connectivity index (χ2n) is 3.02. The third-order valence-electron chi connectivity index (χ3n) is 2.09. The van der Waals surface area contributed by atoms with E-state index in [4.69, 9.17) is 5.73 Å². The Morgan fingerprint density at radius 2 is 1.79 bits per heavy atom. The van der Waals surface area contributed by atoms with E-state index in [2.05, 4.69) is 24.8 Å². The van der Waals surface area contributed by atoms with Crippen molar-refractivity contribution in [2.24, 2.45) is 0 Å². The number of rotatable bonds is 2. The van der Waals surface area contributed by atoms with Gasteiger partial charge in [-0.3, -0.25) is 0 Å². The monoisotopic (exact) mass is 201 g/mol. The Balaban J connectivity index is 2.64. The van der Waals surface area contributed by atoms with Crippen LogP contribution in [0.5, 0.6) is 0 Å². The van der Waals surface area contributed by atoms with Crippen molar-refractivity contribution in [2.45, 2.75) is 4.90 Å². The molecule has 2 rings (SSSR count). The number of nitrogen functional groups attached to an aromatic ring is 1. The van der Waals surface area contributed by atoms with E-state index in [0.717, 1.165) is 10.6 Å². The number of anilines is 1. The van der Waals surface area contributed by atoms with Crippen molar-refractivity contribution in [2.75, 3.05) is 5.73 Å². The predicted molar refractivity (Wildman–Crippen MR) is 64.4 cm³/mol. The van der Waals surface area contributed by atoms with Gasteiger partial charge in [-0.05, 0) is 28.3 Å². The Hall–Kier alpha value is -1.41. The highest BCUT2D eigenvalue weighted by Crippen LogP contribution is 2.30. The van der Waals surface area contributed by atoms with Crippen LogP contribution in [-0.4, -0.2) is 0 Å². The molecule has 0 heterocycles. The van der Waals surface area contributed by atoms with E-state index in [9.17, 15) is 0 Å². The molecule has 0 amide bonds. The van der Waals surface area contributed by atoms with E-state index < -0.39 is 0 Å². The normalized spacial score (nSPS) is 10.3. The third kappa shape index (κ3) is 1.61. The summed E-state index contributed by atoms with van der Waals surface area (Å²) in [6.07, 6.45) is 0. The SMILES string of the molecule is C=CSc1cc2ccccc2cc1N. The zero-order valence-corrected chi connectivity index (χ0v) is 8.55. The van der Waals surface area contributed by atoms with Crippen molar-refractivity contribution in [3.63, 3.8) is 0 Å². The van der Waals surface area contributed by atoms with Crippen LogP contribution < -0.4 is 5.73 Å². The maximum atomic E-state index is 5.90. The summed E-state index contributed by atoms with van der Waals surface area (Å²) in [7, 11) is 0. The first-order valence-electron chi connectivity index (χ1n) is 4.37. The minimum Gasteiger partial charge on any atom is -0.398 e. The van der Waals surface area contributed by atoms with E-state index in [1.165, 1.54) is 10.8 Å². The molecule has 0 spiro atoms. The number of hydrogen-bond donors (Lipinski definition) is 1. The minimum absolute atomic E-state index is 0.814. The molecule has 0 aliphatic carbocycles. The lowest BCUT2D eigenvalue weighted by Crippen LogP contribution is -1.87. The highest BCUT2D eigenvalue weighted by molar-refractivity contribution is 8.02. The molecule has 2 aromatic carbocycles. The molecule has 2 aromatic rings. The van der Waals surface area contributed by atoms with Crippen molar-refractivity contribution in [1.29, 1.82) is 0 Å². The summed E-state index contributed by atoms with van der Waals surface area (Å²) in [5.41, 5.74) is 6.72. The molecule has 2 N–H and O–H groups in total. The minimum atomic E-state index is 0.814. The fraction of sp³-hybridized carbons (Fsp3) is 0. The maximum Gasteiger partial charge on any atom is 0.0462 e. The molecule has 0 aliphatic heterocycles. The summed E-state index contributed by atoms with van der Waals surface area (Å²) in [5.74, 6) is 0. The van der Waals surface area contributed by atoms with E-state index in [1.54, 1.807) is 17.2 Å². The quantitative estimate of drug-likeness (QED) is 0.592. The van der Waals surface area contributed by atoms with Gasteiger partial charge in [0.05, 0.1) is 0 Å². The van der Waals surface area contributed by atoms with E-state index in [1.807, 2.05) is 18.2 Å². The molecule has 0 saturated heterocycles. The molecule has 14 heavy (non-hydrogen) atoms. The summed E-state index contributed by atoms with van der Waals surface area (Å²) < 4.78 is 0. The molecule has 1 nitrogen and oxygen atoms in total. The van der Waals surface area contributed by atoms with Crippen molar-refractivity contribution in [1.82, 2.24) is 0 Å². The molecule has 70 valence electrons. The molecule has 2 heteroatoms. The van der Waals surface area contributed by atoms with E-state index in [-0.39, 0.29) is 0 Å². The smallest absolute Gasteiger partial charge is 0.0462 e. The Morgan fingerprint density at radius 1 is 1.14 bits per heavy atom. The van der Waals surface area contributed by atoms with Crippen LogP contribution in [0, 0.1) is 0 Å². The van der Waals surface area contributed by atoms with Gasteiger partial charge in [-0.2, -0.15) is 0 Å². The van der Waals surface area contributed by atoms with Crippen LogP contribution >= 0.6 is 11.8 Å². The van der Waals surface area contributed by atoms with Crippen molar-refractivity contribution in [3.05, 3.63) is 48.4 Å². The zero-order valence-electron chi connectivity index (χ0n) is 7.73. The third-order valence-corrected chi connectivity index (χ3v) is 2.86. The molecular formula is C12H11NS. The zero-order chi connectivity index (χ0) is 9.97. The van der Waals surface area contributed by atoms with Crippen molar-refractivity contribution >= 4 is 28.2 Å². The number of hydrogen-bond acceptors (Lipinski definition) is 2. The highest BCUT2D eigenvalue weighted by Gasteiger charge is 2.00. The lowest BCUT2D eigenvalue weighted by Gasteiger charge is -2.04. The first-order chi connectivity index (χ1) is 6.81. The van der Waals surface area contributed by atoms with Gasteiger partial charge < -0.3 is 5.73 Å². The Morgan fingerprint density at radius 3 is 2.43 bits per heavy atom.